The smallest absolute Gasteiger partial charge is 0.111 e. The van der Waals surface area contributed by atoms with Crippen LogP contribution in [0.15, 0.2) is 10.8 Å². The first kappa shape index (κ1) is 4.84. The molecule has 0 N–H and O–H groups in total. The SMILES string of the molecule is Cn1nc[c]c1Br. The van der Waals surface area contributed by atoms with E-state index in [0.29, 0.717) is 0 Å². The van der Waals surface area contributed by atoms with Crippen molar-refractivity contribution >= 4 is 15.9 Å². The number of aryl methyl sites for hydroxylation is 1. The summed E-state index contributed by atoms with van der Waals surface area (Å²) >= 11 is 3.21. The average molecular weight is 160 g/mol. The summed E-state index contributed by atoms with van der Waals surface area (Å²) in [6.07, 6.45) is 1.62. The third-order valence-corrected chi connectivity index (χ3v) is 1.44. The van der Waals surface area contributed by atoms with E-state index in [1.807, 2.05) is 7.05 Å². The minimum atomic E-state index is 0.882. The van der Waals surface area contributed by atoms with E-state index in [2.05, 4.69) is 27.1 Å². The second-order valence-corrected chi connectivity index (χ2v) is 1.95. The van der Waals surface area contributed by atoms with Gasteiger partial charge in [0.2, 0.25) is 0 Å². The highest BCUT2D eigenvalue weighted by Crippen LogP contribution is 2.02. The molecule has 0 unspecified atom stereocenters. The predicted molar refractivity (Wildman–Crippen MR) is 29.7 cm³/mol. The molecule has 0 amide bonds. The van der Waals surface area contributed by atoms with Crippen molar-refractivity contribution in [3.05, 3.63) is 16.9 Å². The molecule has 0 aliphatic rings. The molecule has 3 heteroatoms. The number of nitrogens with zero attached hydrogens (tertiary/aromatic N) is 2. The van der Waals surface area contributed by atoms with Crippen molar-refractivity contribution in [2.24, 2.45) is 7.05 Å². The van der Waals surface area contributed by atoms with E-state index in [9.17, 15) is 0 Å². The molecule has 0 spiro atoms. The molecule has 1 aromatic heterocycles. The highest BCUT2D eigenvalue weighted by Gasteiger charge is 1.87. The lowest BCUT2D eigenvalue weighted by atomic mass is 10.8. The Morgan fingerprint density at radius 3 is 2.86 bits per heavy atom. The zero-order chi connectivity index (χ0) is 5.28. The Morgan fingerprint density at radius 2 is 2.71 bits per heavy atom. The lowest BCUT2D eigenvalue weighted by Gasteiger charge is -1.84. The van der Waals surface area contributed by atoms with Crippen LogP contribution in [0.2, 0.25) is 0 Å². The molecule has 0 aliphatic heterocycles. The summed E-state index contributed by atoms with van der Waals surface area (Å²) in [6, 6.07) is 2.84. The quantitative estimate of drug-likeness (QED) is 0.553. The summed E-state index contributed by atoms with van der Waals surface area (Å²) in [5.74, 6) is 0. The van der Waals surface area contributed by atoms with Gasteiger partial charge in [-0.05, 0) is 15.9 Å². The molecular formula is C4H4BrN2. The standard InChI is InChI=1S/C4H4BrN2/c1-7-4(5)2-3-6-7/h3H,1H3. The largest absolute Gasteiger partial charge is 0.261 e. The molecule has 1 radical (unpaired) electrons. The molecular weight excluding hydrogens is 156 g/mol. The van der Waals surface area contributed by atoms with E-state index >= 15 is 0 Å². The molecule has 0 aliphatic carbocycles. The summed E-state index contributed by atoms with van der Waals surface area (Å²) in [5.41, 5.74) is 0. The van der Waals surface area contributed by atoms with Crippen LogP contribution in [0.4, 0.5) is 0 Å². The van der Waals surface area contributed by atoms with Crippen LogP contribution in [0.5, 0.6) is 0 Å². The fraction of sp³-hybridized carbons (Fsp3) is 0.250. The van der Waals surface area contributed by atoms with Crippen LogP contribution in [0, 0.1) is 6.07 Å². The van der Waals surface area contributed by atoms with Crippen LogP contribution in [0.3, 0.4) is 0 Å². The summed E-state index contributed by atoms with van der Waals surface area (Å²) in [5, 5.41) is 3.83. The minimum absolute atomic E-state index is 0.882. The summed E-state index contributed by atoms with van der Waals surface area (Å²) in [4.78, 5) is 0. The third kappa shape index (κ3) is 0.825. The van der Waals surface area contributed by atoms with Crippen LogP contribution in [0.25, 0.3) is 0 Å². The third-order valence-electron chi connectivity index (χ3n) is 0.699. The van der Waals surface area contributed by atoms with Gasteiger partial charge in [-0.25, -0.2) is 0 Å². The van der Waals surface area contributed by atoms with Crippen LogP contribution in [0.1, 0.15) is 0 Å². The Balaban J connectivity index is 3.12. The molecule has 37 valence electrons. The number of hydrogen-bond acceptors (Lipinski definition) is 1. The van der Waals surface area contributed by atoms with E-state index in [-0.39, 0.29) is 0 Å². The number of hydrogen-bond donors (Lipinski definition) is 0. The molecule has 1 aromatic rings. The van der Waals surface area contributed by atoms with Gasteiger partial charge in [-0.15, -0.1) is 0 Å². The zero-order valence-electron chi connectivity index (χ0n) is 3.85. The van der Waals surface area contributed by atoms with E-state index in [1.54, 1.807) is 10.9 Å². The molecule has 2 nitrogen and oxygen atoms in total. The van der Waals surface area contributed by atoms with Gasteiger partial charge in [-0.2, -0.15) is 5.10 Å². The van der Waals surface area contributed by atoms with Gasteiger partial charge >= 0.3 is 0 Å². The van der Waals surface area contributed by atoms with Gasteiger partial charge in [0.1, 0.15) is 4.60 Å². The van der Waals surface area contributed by atoms with Gasteiger partial charge in [0.05, 0.1) is 6.20 Å². The molecule has 0 bridgehead atoms. The molecule has 0 fully saturated rings. The van der Waals surface area contributed by atoms with Crippen molar-refractivity contribution in [1.82, 2.24) is 9.78 Å². The van der Waals surface area contributed by atoms with Crippen molar-refractivity contribution in [3.63, 3.8) is 0 Å². The Kier molecular flexibility index (Phi) is 1.15. The molecule has 1 heterocycles. The monoisotopic (exact) mass is 159 g/mol. The van der Waals surface area contributed by atoms with Gasteiger partial charge in [0.15, 0.2) is 0 Å². The molecule has 0 saturated carbocycles. The number of halogens is 1. The summed E-state index contributed by atoms with van der Waals surface area (Å²) in [7, 11) is 1.85. The van der Waals surface area contributed by atoms with Crippen molar-refractivity contribution in [1.29, 1.82) is 0 Å². The van der Waals surface area contributed by atoms with E-state index in [4.69, 9.17) is 0 Å². The van der Waals surface area contributed by atoms with E-state index < -0.39 is 0 Å². The van der Waals surface area contributed by atoms with Gasteiger partial charge < -0.3 is 0 Å². The maximum Gasteiger partial charge on any atom is 0.111 e. The van der Waals surface area contributed by atoms with E-state index in [0.717, 1.165) is 4.60 Å². The fourth-order valence-electron chi connectivity index (χ4n) is 0.313. The van der Waals surface area contributed by atoms with Crippen LogP contribution < -0.4 is 0 Å². The first-order valence-electron chi connectivity index (χ1n) is 1.86. The lowest BCUT2D eigenvalue weighted by molar-refractivity contribution is 0.749. The summed E-state index contributed by atoms with van der Waals surface area (Å²) in [6.45, 7) is 0. The Hall–Kier alpha value is -0.310. The first-order chi connectivity index (χ1) is 3.30. The van der Waals surface area contributed by atoms with Crippen molar-refractivity contribution in [2.45, 2.75) is 0 Å². The summed E-state index contributed by atoms with van der Waals surface area (Å²) < 4.78 is 2.58. The average Bonchev–Trinajstić information content (AvgIpc) is 1.91. The molecule has 7 heavy (non-hydrogen) atoms. The Labute approximate surface area is 50.3 Å². The number of rotatable bonds is 0. The fourth-order valence-corrected chi connectivity index (χ4v) is 0.507. The van der Waals surface area contributed by atoms with Crippen LogP contribution in [-0.2, 0) is 7.05 Å². The maximum atomic E-state index is 3.83. The maximum absolute atomic E-state index is 3.83. The molecule has 0 aromatic carbocycles. The highest BCUT2D eigenvalue weighted by molar-refractivity contribution is 9.10. The number of aromatic nitrogens is 2. The molecule has 1 rings (SSSR count). The second-order valence-electron chi connectivity index (χ2n) is 1.20. The van der Waals surface area contributed by atoms with Crippen LogP contribution >= 0.6 is 15.9 Å². The predicted octanol–water partition coefficient (Wildman–Crippen LogP) is 0.983. The highest BCUT2D eigenvalue weighted by atomic mass is 79.9. The van der Waals surface area contributed by atoms with Gasteiger partial charge in [0.25, 0.3) is 0 Å². The van der Waals surface area contributed by atoms with Crippen molar-refractivity contribution in [2.75, 3.05) is 0 Å². The molecule has 0 saturated heterocycles. The Morgan fingerprint density at radius 1 is 2.00 bits per heavy atom. The first-order valence-corrected chi connectivity index (χ1v) is 2.65. The van der Waals surface area contributed by atoms with Gasteiger partial charge in [-0.1, -0.05) is 0 Å². The van der Waals surface area contributed by atoms with Crippen LogP contribution in [-0.4, -0.2) is 9.78 Å². The lowest BCUT2D eigenvalue weighted by Crippen LogP contribution is -1.87. The zero-order valence-corrected chi connectivity index (χ0v) is 5.44. The normalized spacial score (nSPS) is 9.43. The van der Waals surface area contributed by atoms with Crippen molar-refractivity contribution < 1.29 is 0 Å². The molecule has 0 atom stereocenters. The van der Waals surface area contributed by atoms with Gasteiger partial charge in [-0.3, -0.25) is 4.68 Å². The van der Waals surface area contributed by atoms with E-state index in [1.165, 1.54) is 0 Å². The van der Waals surface area contributed by atoms with Gasteiger partial charge in [0, 0.05) is 13.1 Å². The topological polar surface area (TPSA) is 17.8 Å². The minimum Gasteiger partial charge on any atom is -0.261 e. The second kappa shape index (κ2) is 1.66. The van der Waals surface area contributed by atoms with Crippen molar-refractivity contribution in [3.8, 4) is 0 Å². The Bertz CT molecular complexity index is 142.